The van der Waals surface area contributed by atoms with Crippen LogP contribution < -0.4 is 14.8 Å². The Labute approximate surface area is 145 Å². The summed E-state index contributed by atoms with van der Waals surface area (Å²) in [5.74, 6) is 0.121. The number of ether oxygens (including phenoxy) is 2. The molecule has 0 spiro atoms. The van der Waals surface area contributed by atoms with Gasteiger partial charge in [0.25, 0.3) is 5.91 Å². The van der Waals surface area contributed by atoms with E-state index in [0.29, 0.717) is 36.7 Å². The first kappa shape index (κ1) is 16.8. The number of hydrogen-bond acceptors (Lipinski definition) is 4. The van der Waals surface area contributed by atoms with Crippen LogP contribution in [0.5, 0.6) is 11.5 Å². The Hall–Kier alpha value is -3.02. The van der Waals surface area contributed by atoms with Crippen molar-refractivity contribution in [2.45, 2.75) is 19.4 Å². The first-order chi connectivity index (χ1) is 12.1. The minimum Gasteiger partial charge on any atom is -0.486 e. The fourth-order valence-electron chi connectivity index (χ4n) is 2.70. The van der Waals surface area contributed by atoms with E-state index in [1.165, 1.54) is 24.3 Å². The van der Waals surface area contributed by atoms with Gasteiger partial charge in [0.2, 0.25) is 0 Å². The van der Waals surface area contributed by atoms with E-state index in [-0.39, 0.29) is 17.5 Å². The molecule has 1 amide bonds. The van der Waals surface area contributed by atoms with E-state index in [1.807, 2.05) is 25.1 Å². The molecule has 6 nitrogen and oxygen atoms in total. The highest BCUT2D eigenvalue weighted by Crippen LogP contribution is 2.33. The van der Waals surface area contributed by atoms with Gasteiger partial charge in [-0.25, -0.2) is 4.79 Å². The number of rotatable bonds is 5. The summed E-state index contributed by atoms with van der Waals surface area (Å²) >= 11 is 0. The fourth-order valence-corrected chi connectivity index (χ4v) is 2.70. The molecular formula is C19H19NO5. The minimum atomic E-state index is -1.02. The summed E-state index contributed by atoms with van der Waals surface area (Å²) in [5, 5.41) is 11.9. The Balaban J connectivity index is 1.75. The van der Waals surface area contributed by atoms with E-state index in [2.05, 4.69) is 5.32 Å². The summed E-state index contributed by atoms with van der Waals surface area (Å²) in [6, 6.07) is 11.3. The lowest BCUT2D eigenvalue weighted by atomic mass is 10.0. The van der Waals surface area contributed by atoms with E-state index in [4.69, 9.17) is 14.6 Å². The third-order valence-corrected chi connectivity index (χ3v) is 4.08. The molecule has 25 heavy (non-hydrogen) atoms. The number of carboxylic acids is 1. The van der Waals surface area contributed by atoms with Gasteiger partial charge in [-0.15, -0.1) is 0 Å². The molecule has 0 aromatic heterocycles. The third-order valence-electron chi connectivity index (χ3n) is 4.08. The Morgan fingerprint density at radius 2 is 1.68 bits per heavy atom. The molecule has 2 aromatic rings. The number of carbonyl (C=O) groups excluding carboxylic acids is 1. The molecule has 1 unspecified atom stereocenters. The van der Waals surface area contributed by atoms with Gasteiger partial charge in [0.15, 0.2) is 11.5 Å². The van der Waals surface area contributed by atoms with Gasteiger partial charge < -0.3 is 19.9 Å². The van der Waals surface area contributed by atoms with Gasteiger partial charge in [0.05, 0.1) is 11.6 Å². The number of carbonyl (C=O) groups is 2. The molecule has 0 aliphatic carbocycles. The molecule has 0 bridgehead atoms. The SMILES string of the molecule is CCC(NC(=O)c1ccc(C(=O)O)cc1)c1ccc2c(c1)OCCO2. The predicted octanol–water partition coefficient (Wildman–Crippen LogP) is 3.04. The molecule has 1 aliphatic heterocycles. The Morgan fingerprint density at radius 3 is 2.32 bits per heavy atom. The summed E-state index contributed by atoms with van der Waals surface area (Å²) in [6.07, 6.45) is 0.707. The van der Waals surface area contributed by atoms with Crippen LogP contribution in [0.15, 0.2) is 42.5 Å². The molecule has 1 aliphatic rings. The average Bonchev–Trinajstić information content (AvgIpc) is 2.65. The van der Waals surface area contributed by atoms with Crippen molar-refractivity contribution in [2.75, 3.05) is 13.2 Å². The molecule has 2 N–H and O–H groups in total. The summed E-state index contributed by atoms with van der Waals surface area (Å²) < 4.78 is 11.1. The third kappa shape index (κ3) is 3.74. The zero-order chi connectivity index (χ0) is 17.8. The second kappa shape index (κ2) is 7.25. The van der Waals surface area contributed by atoms with Crippen molar-refractivity contribution >= 4 is 11.9 Å². The van der Waals surface area contributed by atoms with Gasteiger partial charge in [-0.3, -0.25) is 4.79 Å². The topological polar surface area (TPSA) is 84.9 Å². The molecular weight excluding hydrogens is 322 g/mol. The zero-order valence-electron chi connectivity index (χ0n) is 13.8. The first-order valence-corrected chi connectivity index (χ1v) is 8.12. The van der Waals surface area contributed by atoms with E-state index < -0.39 is 5.97 Å². The second-order valence-corrected chi connectivity index (χ2v) is 5.72. The monoisotopic (exact) mass is 341 g/mol. The lowest BCUT2D eigenvalue weighted by Crippen LogP contribution is -2.28. The average molecular weight is 341 g/mol. The van der Waals surface area contributed by atoms with Crippen LogP contribution in [-0.2, 0) is 0 Å². The quantitative estimate of drug-likeness (QED) is 0.873. The number of fused-ring (bicyclic) bond motifs is 1. The van der Waals surface area contributed by atoms with Crippen molar-refractivity contribution in [1.82, 2.24) is 5.32 Å². The van der Waals surface area contributed by atoms with Crippen molar-refractivity contribution in [3.05, 3.63) is 59.2 Å². The van der Waals surface area contributed by atoms with Gasteiger partial charge in [0, 0.05) is 5.56 Å². The molecule has 1 atom stereocenters. The van der Waals surface area contributed by atoms with Crippen LogP contribution >= 0.6 is 0 Å². The van der Waals surface area contributed by atoms with E-state index in [0.717, 1.165) is 5.56 Å². The smallest absolute Gasteiger partial charge is 0.335 e. The Kier molecular flexibility index (Phi) is 4.88. The van der Waals surface area contributed by atoms with Crippen molar-refractivity contribution in [3.63, 3.8) is 0 Å². The normalized spacial score (nSPS) is 13.8. The van der Waals surface area contributed by atoms with Gasteiger partial charge in [-0.1, -0.05) is 13.0 Å². The summed E-state index contributed by atoms with van der Waals surface area (Å²) in [4.78, 5) is 23.3. The van der Waals surface area contributed by atoms with Crippen molar-refractivity contribution < 1.29 is 24.2 Å². The van der Waals surface area contributed by atoms with Gasteiger partial charge in [-0.05, 0) is 48.4 Å². The highest BCUT2D eigenvalue weighted by atomic mass is 16.6. The highest BCUT2D eigenvalue weighted by molar-refractivity contribution is 5.96. The largest absolute Gasteiger partial charge is 0.486 e. The molecule has 0 radical (unpaired) electrons. The molecule has 3 rings (SSSR count). The molecule has 0 fully saturated rings. The standard InChI is InChI=1S/C19H19NO5/c1-2-15(14-7-8-16-17(11-14)25-10-9-24-16)20-18(21)12-3-5-13(6-4-12)19(22)23/h3-8,11,15H,2,9-10H2,1H3,(H,20,21)(H,22,23). The van der Waals surface area contributed by atoms with Crippen LogP contribution in [0.4, 0.5) is 0 Å². The predicted molar refractivity (Wildman–Crippen MR) is 91.3 cm³/mol. The maximum absolute atomic E-state index is 12.4. The van der Waals surface area contributed by atoms with Gasteiger partial charge in [0.1, 0.15) is 13.2 Å². The Morgan fingerprint density at radius 1 is 1.04 bits per heavy atom. The van der Waals surface area contributed by atoms with E-state index >= 15 is 0 Å². The zero-order valence-corrected chi connectivity index (χ0v) is 13.8. The van der Waals surface area contributed by atoms with Gasteiger partial charge in [-0.2, -0.15) is 0 Å². The number of nitrogens with one attached hydrogen (secondary N) is 1. The lowest BCUT2D eigenvalue weighted by Gasteiger charge is -2.22. The Bertz CT molecular complexity index is 785. The fraction of sp³-hybridized carbons (Fsp3) is 0.263. The maximum atomic E-state index is 12.4. The second-order valence-electron chi connectivity index (χ2n) is 5.72. The summed E-state index contributed by atoms with van der Waals surface area (Å²) in [7, 11) is 0. The number of amides is 1. The van der Waals surface area contributed by atoms with Crippen LogP contribution in [0.1, 0.15) is 45.7 Å². The minimum absolute atomic E-state index is 0.149. The first-order valence-electron chi connectivity index (χ1n) is 8.12. The number of hydrogen-bond donors (Lipinski definition) is 2. The van der Waals surface area contributed by atoms with Crippen LogP contribution in [0.2, 0.25) is 0 Å². The molecule has 2 aromatic carbocycles. The molecule has 130 valence electrons. The van der Waals surface area contributed by atoms with Crippen LogP contribution in [-0.4, -0.2) is 30.2 Å². The van der Waals surface area contributed by atoms with E-state index in [1.54, 1.807) is 0 Å². The maximum Gasteiger partial charge on any atom is 0.335 e. The molecule has 0 saturated heterocycles. The number of carboxylic acid groups (broad SMARTS) is 1. The van der Waals surface area contributed by atoms with Crippen molar-refractivity contribution in [3.8, 4) is 11.5 Å². The van der Waals surface area contributed by atoms with Gasteiger partial charge >= 0.3 is 5.97 Å². The van der Waals surface area contributed by atoms with Crippen LogP contribution in [0, 0.1) is 0 Å². The highest BCUT2D eigenvalue weighted by Gasteiger charge is 2.18. The summed E-state index contributed by atoms with van der Waals surface area (Å²) in [5.41, 5.74) is 1.50. The van der Waals surface area contributed by atoms with E-state index in [9.17, 15) is 9.59 Å². The van der Waals surface area contributed by atoms with Crippen LogP contribution in [0.3, 0.4) is 0 Å². The number of aromatic carboxylic acids is 1. The molecule has 1 heterocycles. The lowest BCUT2D eigenvalue weighted by molar-refractivity contribution is 0.0696. The van der Waals surface area contributed by atoms with Crippen molar-refractivity contribution in [2.24, 2.45) is 0 Å². The number of benzene rings is 2. The van der Waals surface area contributed by atoms with Crippen LogP contribution in [0.25, 0.3) is 0 Å². The molecule has 6 heteroatoms. The summed E-state index contributed by atoms with van der Waals surface area (Å²) in [6.45, 7) is 3.03. The molecule has 0 saturated carbocycles. The van der Waals surface area contributed by atoms with Crippen molar-refractivity contribution in [1.29, 1.82) is 0 Å².